The van der Waals surface area contributed by atoms with Crippen molar-refractivity contribution in [2.45, 2.75) is 13.5 Å². The third kappa shape index (κ3) is 4.15. The van der Waals surface area contributed by atoms with Crippen LogP contribution in [0.3, 0.4) is 0 Å². The van der Waals surface area contributed by atoms with Crippen LogP contribution in [0.5, 0.6) is 17.2 Å². The maximum absolute atomic E-state index is 12.3. The number of benzene rings is 2. The number of carbonyl (C=O) groups excluding carboxylic acids is 1. The van der Waals surface area contributed by atoms with E-state index in [1.165, 1.54) is 6.07 Å². The number of ether oxygens (including phenoxy) is 3. The largest absolute Gasteiger partial charge is 0.497 e. The minimum Gasteiger partial charge on any atom is -0.497 e. The number of hydrogen-bond acceptors (Lipinski definition) is 5. The van der Waals surface area contributed by atoms with Crippen LogP contribution in [0.15, 0.2) is 36.4 Å². The lowest BCUT2D eigenvalue weighted by Gasteiger charge is -2.13. The molecule has 0 heterocycles. The van der Waals surface area contributed by atoms with Gasteiger partial charge in [-0.1, -0.05) is 11.6 Å². The molecule has 0 saturated heterocycles. The summed E-state index contributed by atoms with van der Waals surface area (Å²) in [5, 5.41) is 9.42. The summed E-state index contributed by atoms with van der Waals surface area (Å²) in [5.41, 5.74) is 0.929. The molecule has 0 saturated carbocycles. The van der Waals surface area contributed by atoms with E-state index in [1.807, 2.05) is 0 Å². The summed E-state index contributed by atoms with van der Waals surface area (Å²) in [6, 6.07) is 9.63. The Labute approximate surface area is 139 Å². The Bertz CT molecular complexity index is 682. The highest BCUT2D eigenvalue weighted by Crippen LogP contribution is 2.37. The highest BCUT2D eigenvalue weighted by atomic mass is 35.5. The molecular formula is C17H17ClO5. The van der Waals surface area contributed by atoms with Gasteiger partial charge in [-0.05, 0) is 48.9 Å². The van der Waals surface area contributed by atoms with E-state index >= 15 is 0 Å². The predicted molar refractivity (Wildman–Crippen MR) is 86.5 cm³/mol. The van der Waals surface area contributed by atoms with E-state index in [0.29, 0.717) is 29.2 Å². The van der Waals surface area contributed by atoms with Crippen LogP contribution in [-0.2, 0) is 6.61 Å². The van der Waals surface area contributed by atoms with Crippen molar-refractivity contribution in [2.24, 2.45) is 0 Å². The molecule has 0 atom stereocenters. The second-order valence-corrected chi connectivity index (χ2v) is 5.02. The van der Waals surface area contributed by atoms with Crippen LogP contribution in [0.4, 0.5) is 0 Å². The molecule has 0 amide bonds. The van der Waals surface area contributed by atoms with Crippen molar-refractivity contribution >= 4 is 17.6 Å². The quantitative estimate of drug-likeness (QED) is 0.646. The Hall–Kier alpha value is -2.24. The van der Waals surface area contributed by atoms with Gasteiger partial charge in [0.1, 0.15) is 5.75 Å². The molecule has 23 heavy (non-hydrogen) atoms. The van der Waals surface area contributed by atoms with Crippen molar-refractivity contribution in [2.75, 3.05) is 13.7 Å². The van der Waals surface area contributed by atoms with Crippen LogP contribution in [0.2, 0.25) is 5.02 Å². The molecule has 0 aromatic heterocycles. The normalized spacial score (nSPS) is 10.3. The van der Waals surface area contributed by atoms with Gasteiger partial charge in [0.25, 0.3) is 0 Å². The van der Waals surface area contributed by atoms with Gasteiger partial charge in [0.15, 0.2) is 11.5 Å². The molecule has 0 spiro atoms. The molecule has 122 valence electrons. The first kappa shape index (κ1) is 17.1. The standard InChI is InChI=1S/C17H17ClO5/c1-3-22-15-9-11(10-19)8-14(18)16(15)23-17(20)12-4-6-13(21-2)7-5-12/h4-9,19H,3,10H2,1-2H3. The van der Waals surface area contributed by atoms with Crippen molar-refractivity contribution in [1.82, 2.24) is 0 Å². The zero-order valence-electron chi connectivity index (χ0n) is 12.8. The van der Waals surface area contributed by atoms with Gasteiger partial charge in [-0.2, -0.15) is 0 Å². The van der Waals surface area contributed by atoms with Gasteiger partial charge in [0.05, 0.1) is 30.9 Å². The average Bonchev–Trinajstić information content (AvgIpc) is 2.57. The summed E-state index contributed by atoms with van der Waals surface area (Å²) in [5.74, 6) is 0.520. The summed E-state index contributed by atoms with van der Waals surface area (Å²) < 4.78 is 15.9. The molecule has 2 rings (SSSR count). The first-order valence-corrected chi connectivity index (χ1v) is 7.39. The fraction of sp³-hybridized carbons (Fsp3) is 0.235. The monoisotopic (exact) mass is 336 g/mol. The maximum Gasteiger partial charge on any atom is 0.343 e. The Morgan fingerprint density at radius 3 is 2.48 bits per heavy atom. The van der Waals surface area contributed by atoms with E-state index < -0.39 is 5.97 Å². The highest BCUT2D eigenvalue weighted by molar-refractivity contribution is 6.32. The van der Waals surface area contributed by atoms with Gasteiger partial charge in [0, 0.05) is 0 Å². The molecule has 5 nitrogen and oxygen atoms in total. The number of methoxy groups -OCH3 is 1. The van der Waals surface area contributed by atoms with Crippen molar-refractivity contribution in [1.29, 1.82) is 0 Å². The Balaban J connectivity index is 2.28. The minimum atomic E-state index is -0.563. The van der Waals surface area contributed by atoms with Crippen molar-refractivity contribution < 1.29 is 24.1 Å². The number of esters is 1. The molecule has 0 aliphatic rings. The van der Waals surface area contributed by atoms with Crippen molar-refractivity contribution in [3.05, 3.63) is 52.5 Å². The van der Waals surface area contributed by atoms with Gasteiger partial charge in [-0.25, -0.2) is 4.79 Å². The molecule has 6 heteroatoms. The van der Waals surface area contributed by atoms with Crippen molar-refractivity contribution in [3.8, 4) is 17.2 Å². The second-order valence-electron chi connectivity index (χ2n) is 4.61. The zero-order chi connectivity index (χ0) is 16.8. The summed E-state index contributed by atoms with van der Waals surface area (Å²) in [6.07, 6.45) is 0. The molecule has 2 aromatic carbocycles. The Morgan fingerprint density at radius 2 is 1.91 bits per heavy atom. The molecule has 0 fully saturated rings. The van der Waals surface area contributed by atoms with Crippen LogP contribution >= 0.6 is 11.6 Å². The average molecular weight is 337 g/mol. The van der Waals surface area contributed by atoms with E-state index in [4.69, 9.17) is 25.8 Å². The van der Waals surface area contributed by atoms with Gasteiger partial charge in [0.2, 0.25) is 0 Å². The van der Waals surface area contributed by atoms with E-state index in [1.54, 1.807) is 44.4 Å². The smallest absolute Gasteiger partial charge is 0.343 e. The third-order valence-corrected chi connectivity index (χ3v) is 3.35. The van der Waals surface area contributed by atoms with Crippen LogP contribution in [0, 0.1) is 0 Å². The molecular weight excluding hydrogens is 320 g/mol. The molecule has 0 bridgehead atoms. The fourth-order valence-electron chi connectivity index (χ4n) is 1.95. The van der Waals surface area contributed by atoms with E-state index in [-0.39, 0.29) is 17.4 Å². The molecule has 0 unspecified atom stereocenters. The molecule has 0 aliphatic heterocycles. The van der Waals surface area contributed by atoms with Crippen molar-refractivity contribution in [3.63, 3.8) is 0 Å². The lowest BCUT2D eigenvalue weighted by atomic mass is 10.2. The van der Waals surface area contributed by atoms with Crippen LogP contribution in [0.1, 0.15) is 22.8 Å². The first-order valence-electron chi connectivity index (χ1n) is 7.01. The lowest BCUT2D eigenvalue weighted by molar-refractivity contribution is 0.0728. The van der Waals surface area contributed by atoms with Gasteiger partial charge >= 0.3 is 5.97 Å². The third-order valence-electron chi connectivity index (χ3n) is 3.07. The second kappa shape index (κ2) is 7.85. The van der Waals surface area contributed by atoms with Gasteiger partial charge in [-0.15, -0.1) is 0 Å². The topological polar surface area (TPSA) is 65.0 Å². The van der Waals surface area contributed by atoms with Crippen LogP contribution < -0.4 is 14.2 Å². The molecule has 2 aromatic rings. The zero-order valence-corrected chi connectivity index (χ0v) is 13.6. The number of aliphatic hydroxyl groups excluding tert-OH is 1. The minimum absolute atomic E-state index is 0.131. The lowest BCUT2D eigenvalue weighted by Crippen LogP contribution is -2.10. The first-order chi connectivity index (χ1) is 11.1. The van der Waals surface area contributed by atoms with Gasteiger partial charge in [-0.3, -0.25) is 0 Å². The Morgan fingerprint density at radius 1 is 1.22 bits per heavy atom. The predicted octanol–water partition coefficient (Wildman–Crippen LogP) is 3.46. The molecule has 0 aliphatic carbocycles. The SMILES string of the molecule is CCOc1cc(CO)cc(Cl)c1OC(=O)c1ccc(OC)cc1. The number of carbonyl (C=O) groups is 1. The van der Waals surface area contributed by atoms with Crippen LogP contribution in [-0.4, -0.2) is 24.8 Å². The molecule has 0 radical (unpaired) electrons. The van der Waals surface area contributed by atoms with E-state index in [9.17, 15) is 9.90 Å². The summed E-state index contributed by atoms with van der Waals surface area (Å²) in [6.45, 7) is 1.99. The number of hydrogen-bond donors (Lipinski definition) is 1. The number of aliphatic hydroxyl groups is 1. The van der Waals surface area contributed by atoms with E-state index in [2.05, 4.69) is 0 Å². The van der Waals surface area contributed by atoms with E-state index in [0.717, 1.165) is 0 Å². The van der Waals surface area contributed by atoms with Gasteiger partial charge < -0.3 is 19.3 Å². The summed E-state index contributed by atoms with van der Waals surface area (Å²) in [7, 11) is 1.55. The fourth-order valence-corrected chi connectivity index (χ4v) is 2.23. The number of rotatable bonds is 6. The number of halogens is 1. The summed E-state index contributed by atoms with van der Waals surface area (Å²) in [4.78, 5) is 12.3. The Kier molecular flexibility index (Phi) is 5.84. The molecule has 1 N–H and O–H groups in total. The maximum atomic E-state index is 12.3. The summed E-state index contributed by atoms with van der Waals surface area (Å²) >= 11 is 6.14. The highest BCUT2D eigenvalue weighted by Gasteiger charge is 2.17. The van der Waals surface area contributed by atoms with Crippen LogP contribution in [0.25, 0.3) is 0 Å².